The molecular weight excluding hydrogens is 518 g/mol. The van der Waals surface area contributed by atoms with E-state index in [1.807, 2.05) is 0 Å². The van der Waals surface area contributed by atoms with Crippen molar-refractivity contribution in [2.75, 3.05) is 29.0 Å². The minimum absolute atomic E-state index is 0.00143. The zero-order valence-corrected chi connectivity index (χ0v) is 22.0. The SMILES string of the molecule is CCCS(=O)(=O)N(C)c1ccc(CC(N)(c2cccc(NCC(=O)O)n2)S(=O)(=O)c2cccnc2)cc1. The van der Waals surface area contributed by atoms with Crippen LogP contribution in [0.5, 0.6) is 0 Å². The first kappa shape index (κ1) is 28.0. The lowest BCUT2D eigenvalue weighted by Crippen LogP contribution is -2.47. The lowest BCUT2D eigenvalue weighted by molar-refractivity contribution is -0.134. The number of aromatic nitrogens is 2. The van der Waals surface area contributed by atoms with Crippen LogP contribution in [0.2, 0.25) is 0 Å². The number of pyridine rings is 2. The third-order valence-corrected chi connectivity index (χ3v) is 9.82. The molecule has 0 spiro atoms. The molecule has 1 aromatic carbocycles. The van der Waals surface area contributed by atoms with Crippen LogP contribution < -0.4 is 15.4 Å². The van der Waals surface area contributed by atoms with Crippen molar-refractivity contribution in [3.8, 4) is 0 Å². The van der Waals surface area contributed by atoms with E-state index >= 15 is 0 Å². The third kappa shape index (κ3) is 6.24. The lowest BCUT2D eigenvalue weighted by atomic mass is 10.0. The van der Waals surface area contributed by atoms with E-state index in [0.29, 0.717) is 17.7 Å². The number of nitrogens with two attached hydrogens (primary N) is 1. The number of hydrogen-bond acceptors (Lipinski definition) is 9. The van der Waals surface area contributed by atoms with Gasteiger partial charge in [0, 0.05) is 25.9 Å². The van der Waals surface area contributed by atoms with Crippen LogP contribution in [0.3, 0.4) is 0 Å². The smallest absolute Gasteiger partial charge is 0.322 e. The predicted molar refractivity (Wildman–Crippen MR) is 140 cm³/mol. The summed E-state index contributed by atoms with van der Waals surface area (Å²) in [5.41, 5.74) is 7.61. The Kier molecular flexibility index (Phi) is 8.51. The van der Waals surface area contributed by atoms with Crippen molar-refractivity contribution in [2.45, 2.75) is 29.5 Å². The topological polar surface area (TPSA) is 173 Å². The summed E-state index contributed by atoms with van der Waals surface area (Å²) in [4.78, 5) is 17.0. The highest BCUT2D eigenvalue weighted by Gasteiger charge is 2.44. The molecule has 0 aliphatic rings. The van der Waals surface area contributed by atoms with Crippen molar-refractivity contribution in [3.05, 3.63) is 78.2 Å². The van der Waals surface area contributed by atoms with Crippen LogP contribution in [-0.4, -0.2) is 57.2 Å². The zero-order valence-electron chi connectivity index (χ0n) is 20.4. The molecule has 37 heavy (non-hydrogen) atoms. The predicted octanol–water partition coefficient (Wildman–Crippen LogP) is 1.98. The Morgan fingerprint density at radius 1 is 1.08 bits per heavy atom. The number of carbonyl (C=O) groups is 1. The van der Waals surface area contributed by atoms with E-state index in [1.165, 1.54) is 54.1 Å². The molecule has 0 saturated carbocycles. The second kappa shape index (κ2) is 11.2. The van der Waals surface area contributed by atoms with Gasteiger partial charge in [-0.25, -0.2) is 21.8 Å². The summed E-state index contributed by atoms with van der Waals surface area (Å²) in [6, 6.07) is 13.7. The van der Waals surface area contributed by atoms with Crippen LogP contribution in [0.15, 0.2) is 71.9 Å². The number of nitrogens with zero attached hydrogens (tertiary/aromatic N) is 3. The average Bonchev–Trinajstić information content (AvgIpc) is 2.88. The highest BCUT2D eigenvalue weighted by atomic mass is 32.2. The molecule has 4 N–H and O–H groups in total. The van der Waals surface area contributed by atoms with E-state index in [4.69, 9.17) is 10.8 Å². The Bertz CT molecular complexity index is 1450. The van der Waals surface area contributed by atoms with E-state index in [0.717, 1.165) is 0 Å². The van der Waals surface area contributed by atoms with Crippen molar-refractivity contribution in [1.82, 2.24) is 9.97 Å². The summed E-state index contributed by atoms with van der Waals surface area (Å²) in [6.45, 7) is 1.36. The van der Waals surface area contributed by atoms with Crippen molar-refractivity contribution >= 4 is 37.3 Å². The Morgan fingerprint density at radius 3 is 2.38 bits per heavy atom. The molecule has 13 heteroatoms. The lowest BCUT2D eigenvalue weighted by Gasteiger charge is -2.29. The van der Waals surface area contributed by atoms with Crippen molar-refractivity contribution < 1.29 is 26.7 Å². The molecule has 0 aliphatic carbocycles. The molecule has 198 valence electrons. The van der Waals surface area contributed by atoms with Crippen molar-refractivity contribution in [2.24, 2.45) is 5.73 Å². The minimum Gasteiger partial charge on any atom is -0.480 e. The number of nitrogens with one attached hydrogen (secondary N) is 1. The van der Waals surface area contributed by atoms with E-state index < -0.39 is 37.2 Å². The van der Waals surface area contributed by atoms with Crippen molar-refractivity contribution in [1.29, 1.82) is 0 Å². The van der Waals surface area contributed by atoms with Gasteiger partial charge in [-0.3, -0.25) is 14.1 Å². The van der Waals surface area contributed by atoms with Crippen LogP contribution in [0.25, 0.3) is 0 Å². The van der Waals surface area contributed by atoms with Gasteiger partial charge in [0.2, 0.25) is 19.9 Å². The molecule has 2 heterocycles. The van der Waals surface area contributed by atoms with E-state index in [1.54, 1.807) is 31.2 Å². The second-order valence-corrected chi connectivity index (χ2v) is 12.7. The van der Waals surface area contributed by atoms with Gasteiger partial charge in [0.05, 0.1) is 22.0 Å². The fourth-order valence-corrected chi connectivity index (χ4v) is 6.51. The average molecular weight is 548 g/mol. The monoisotopic (exact) mass is 547 g/mol. The quantitative estimate of drug-likeness (QED) is 0.304. The van der Waals surface area contributed by atoms with Crippen LogP contribution in [0, 0.1) is 0 Å². The summed E-state index contributed by atoms with van der Waals surface area (Å²) in [6.07, 6.45) is 2.90. The number of rotatable bonds is 12. The Balaban J connectivity index is 2.05. The molecule has 0 radical (unpaired) electrons. The third-order valence-electron chi connectivity index (χ3n) is 5.67. The van der Waals surface area contributed by atoms with E-state index in [2.05, 4.69) is 15.3 Å². The van der Waals surface area contributed by atoms with Crippen molar-refractivity contribution in [3.63, 3.8) is 0 Å². The molecule has 0 bridgehead atoms. The second-order valence-electron chi connectivity index (χ2n) is 8.36. The van der Waals surface area contributed by atoms with Gasteiger partial charge in [-0.05, 0) is 48.4 Å². The number of sulfonamides is 1. The molecule has 1 atom stereocenters. The Hall–Kier alpha value is -3.55. The van der Waals surface area contributed by atoms with Gasteiger partial charge in [0.15, 0.2) is 4.87 Å². The number of aliphatic carboxylic acids is 1. The number of anilines is 2. The fraction of sp³-hybridized carbons (Fsp3) is 0.292. The van der Waals surface area contributed by atoms with Crippen LogP contribution >= 0.6 is 0 Å². The maximum Gasteiger partial charge on any atom is 0.322 e. The highest BCUT2D eigenvalue weighted by molar-refractivity contribution is 7.92. The van der Waals surface area contributed by atoms with Gasteiger partial charge in [-0.15, -0.1) is 0 Å². The molecule has 0 saturated heterocycles. The van der Waals surface area contributed by atoms with Gasteiger partial charge in [-0.2, -0.15) is 0 Å². The summed E-state index contributed by atoms with van der Waals surface area (Å²) in [5.74, 6) is -0.965. The first-order valence-electron chi connectivity index (χ1n) is 11.3. The maximum atomic E-state index is 13.8. The standard InChI is InChI=1S/C24H29N5O6S2/c1-3-14-36(32,33)29(2)19-11-9-18(10-12-19)15-24(25,37(34,35)20-6-5-13-26-16-20)21-7-4-8-22(28-21)27-17-23(30)31/h4-13,16H,3,14-15,17,25H2,1-2H3,(H,27,28)(H,30,31). The van der Waals surface area contributed by atoms with Gasteiger partial charge >= 0.3 is 5.97 Å². The fourth-order valence-electron chi connectivity index (χ4n) is 3.66. The zero-order chi connectivity index (χ0) is 27.3. The summed E-state index contributed by atoms with van der Waals surface area (Å²) in [7, 11) is -6.28. The number of carboxylic acids is 1. The van der Waals surface area contributed by atoms with E-state index in [9.17, 15) is 21.6 Å². The normalized spacial score (nSPS) is 13.5. The molecule has 0 fully saturated rings. The first-order valence-corrected chi connectivity index (χ1v) is 14.4. The van der Waals surface area contributed by atoms with Crippen LogP contribution in [-0.2, 0) is 35.9 Å². The highest BCUT2D eigenvalue weighted by Crippen LogP contribution is 2.34. The van der Waals surface area contributed by atoms with Gasteiger partial charge < -0.3 is 16.2 Å². The van der Waals surface area contributed by atoms with Gasteiger partial charge in [-0.1, -0.05) is 25.1 Å². The van der Waals surface area contributed by atoms with Gasteiger partial charge in [0.1, 0.15) is 12.4 Å². The number of sulfone groups is 1. The summed E-state index contributed by atoms with van der Waals surface area (Å²) >= 11 is 0. The molecule has 3 rings (SSSR count). The molecule has 1 unspecified atom stereocenters. The Morgan fingerprint density at radius 2 is 1.78 bits per heavy atom. The summed E-state index contributed by atoms with van der Waals surface area (Å²) in [5, 5.41) is 11.6. The molecule has 0 aliphatic heterocycles. The van der Waals surface area contributed by atoms with Crippen LogP contribution in [0.4, 0.5) is 11.5 Å². The first-order chi connectivity index (χ1) is 17.4. The molecule has 11 nitrogen and oxygen atoms in total. The number of hydrogen-bond donors (Lipinski definition) is 3. The van der Waals surface area contributed by atoms with Crippen LogP contribution in [0.1, 0.15) is 24.6 Å². The molecule has 0 amide bonds. The summed E-state index contributed by atoms with van der Waals surface area (Å²) < 4.78 is 53.6. The molecule has 2 aromatic heterocycles. The molecule has 3 aromatic rings. The maximum absolute atomic E-state index is 13.8. The number of benzene rings is 1. The van der Waals surface area contributed by atoms with Gasteiger partial charge in [0.25, 0.3) is 0 Å². The minimum atomic E-state index is -4.25. The largest absolute Gasteiger partial charge is 0.480 e. The Labute approximate surface area is 216 Å². The number of carboxylic acid groups (broad SMARTS) is 1. The van der Waals surface area contributed by atoms with E-state index in [-0.39, 0.29) is 28.6 Å². The molecular formula is C24H29N5O6S2.